The maximum Gasteiger partial charge on any atom is 0.241 e. The summed E-state index contributed by atoms with van der Waals surface area (Å²) < 4.78 is 18.3. The van der Waals surface area contributed by atoms with Gasteiger partial charge in [0, 0.05) is 12.7 Å². The van der Waals surface area contributed by atoms with Crippen LogP contribution in [0.25, 0.3) is 16.8 Å². The van der Waals surface area contributed by atoms with Gasteiger partial charge in [0.15, 0.2) is 0 Å². The van der Waals surface area contributed by atoms with Crippen molar-refractivity contribution in [3.05, 3.63) is 54.7 Å². The Morgan fingerprint density at radius 1 is 0.893 bits per heavy atom. The molecule has 0 unspecified atom stereocenters. The summed E-state index contributed by atoms with van der Waals surface area (Å²) in [6.45, 7) is 1.38. The van der Waals surface area contributed by atoms with Crippen LogP contribution in [0.1, 0.15) is 0 Å². The average Bonchev–Trinajstić information content (AvgIpc) is 3.12. The van der Waals surface area contributed by atoms with Crippen LogP contribution in [0.2, 0.25) is 0 Å². The minimum absolute atomic E-state index is 0. The summed E-state index contributed by atoms with van der Waals surface area (Å²) in [5.41, 5.74) is 2.90. The van der Waals surface area contributed by atoms with Gasteiger partial charge in [-0.05, 0) is 56.1 Å². The van der Waals surface area contributed by atoms with E-state index in [1.807, 2.05) is 73.5 Å². The molecule has 6 nitrogen and oxygen atoms in total. The Morgan fingerprint density at radius 2 is 1.46 bits per heavy atom. The molecule has 0 amide bonds. The van der Waals surface area contributed by atoms with Gasteiger partial charge in [0.1, 0.15) is 18.1 Å². The number of rotatable bonds is 8. The Labute approximate surface area is 172 Å². The molecule has 0 N–H and O–H groups in total. The lowest BCUT2D eigenvalue weighted by atomic mass is 10.1. The van der Waals surface area contributed by atoms with Gasteiger partial charge < -0.3 is 19.1 Å². The zero-order valence-corrected chi connectivity index (χ0v) is 17.4. The molecular formula is C21H26ClN3O3. The van der Waals surface area contributed by atoms with Crippen LogP contribution in [-0.4, -0.2) is 56.1 Å². The molecule has 7 heteroatoms. The van der Waals surface area contributed by atoms with Crippen LogP contribution in [0.5, 0.6) is 17.4 Å². The Balaban J connectivity index is 0.00000280. The molecular weight excluding hydrogens is 378 g/mol. The highest BCUT2D eigenvalue weighted by atomic mass is 35.5. The number of methoxy groups -OCH3 is 2. The van der Waals surface area contributed by atoms with Crippen LogP contribution in [0.15, 0.2) is 54.7 Å². The summed E-state index contributed by atoms with van der Waals surface area (Å²) in [4.78, 5) is 2.08. The molecule has 0 aliphatic heterocycles. The molecule has 0 aliphatic carbocycles. The van der Waals surface area contributed by atoms with Gasteiger partial charge in [-0.1, -0.05) is 12.1 Å². The van der Waals surface area contributed by atoms with Crippen molar-refractivity contribution >= 4 is 12.4 Å². The second kappa shape index (κ2) is 10.0. The van der Waals surface area contributed by atoms with E-state index in [1.54, 1.807) is 14.2 Å². The van der Waals surface area contributed by atoms with Crippen molar-refractivity contribution in [2.45, 2.75) is 0 Å². The second-order valence-electron chi connectivity index (χ2n) is 6.37. The van der Waals surface area contributed by atoms with E-state index in [0.29, 0.717) is 12.5 Å². The lowest BCUT2D eigenvalue weighted by Crippen LogP contribution is -2.19. The monoisotopic (exact) mass is 403 g/mol. The fourth-order valence-electron chi connectivity index (χ4n) is 2.63. The highest BCUT2D eigenvalue weighted by molar-refractivity contribution is 5.85. The number of likely N-dealkylation sites (N-methyl/N-ethyl adjacent to an activating group) is 1. The third kappa shape index (κ3) is 5.18. The van der Waals surface area contributed by atoms with E-state index in [0.717, 1.165) is 34.9 Å². The Bertz CT molecular complexity index is 862. The van der Waals surface area contributed by atoms with Gasteiger partial charge in [-0.15, -0.1) is 17.5 Å². The molecule has 3 rings (SSSR count). The number of benzene rings is 2. The maximum absolute atomic E-state index is 5.98. The summed E-state index contributed by atoms with van der Waals surface area (Å²) >= 11 is 0. The van der Waals surface area contributed by atoms with Gasteiger partial charge >= 0.3 is 0 Å². The van der Waals surface area contributed by atoms with Crippen LogP contribution < -0.4 is 14.2 Å². The SMILES string of the molecule is COc1ccc(-c2cn(-c3ccc(OC)cc3)nc2OCCN(C)C)cc1.Cl. The lowest BCUT2D eigenvalue weighted by molar-refractivity contribution is 0.253. The molecule has 0 spiro atoms. The first-order valence-electron chi connectivity index (χ1n) is 8.77. The van der Waals surface area contributed by atoms with Crippen molar-refractivity contribution < 1.29 is 14.2 Å². The number of nitrogens with zero attached hydrogens (tertiary/aromatic N) is 3. The van der Waals surface area contributed by atoms with Gasteiger partial charge in [0.25, 0.3) is 0 Å². The predicted octanol–water partition coefficient (Wildman–Crippen LogP) is 3.92. The Kier molecular flexibility index (Phi) is 7.72. The van der Waals surface area contributed by atoms with Crippen molar-refractivity contribution in [2.24, 2.45) is 0 Å². The van der Waals surface area contributed by atoms with Gasteiger partial charge in [-0.25, -0.2) is 4.68 Å². The van der Waals surface area contributed by atoms with E-state index < -0.39 is 0 Å². The molecule has 0 fully saturated rings. The molecule has 150 valence electrons. The first kappa shape index (κ1) is 21.6. The molecule has 0 saturated heterocycles. The minimum Gasteiger partial charge on any atom is -0.497 e. The Hall–Kier alpha value is -2.70. The van der Waals surface area contributed by atoms with Crippen LogP contribution >= 0.6 is 12.4 Å². The van der Waals surface area contributed by atoms with Crippen LogP contribution in [0.3, 0.4) is 0 Å². The van der Waals surface area contributed by atoms with Crippen molar-refractivity contribution in [1.82, 2.24) is 14.7 Å². The molecule has 0 aliphatic rings. The fourth-order valence-corrected chi connectivity index (χ4v) is 2.63. The van der Waals surface area contributed by atoms with Crippen LogP contribution in [-0.2, 0) is 0 Å². The van der Waals surface area contributed by atoms with Gasteiger partial charge in [-0.3, -0.25) is 0 Å². The third-order valence-electron chi connectivity index (χ3n) is 4.20. The fraction of sp³-hybridized carbons (Fsp3) is 0.286. The predicted molar refractivity (Wildman–Crippen MR) is 113 cm³/mol. The number of ether oxygens (including phenoxy) is 3. The van der Waals surface area contributed by atoms with Gasteiger partial charge in [-0.2, -0.15) is 0 Å². The number of hydrogen-bond acceptors (Lipinski definition) is 5. The molecule has 28 heavy (non-hydrogen) atoms. The number of hydrogen-bond donors (Lipinski definition) is 0. The number of halogens is 1. The van der Waals surface area contributed by atoms with E-state index in [2.05, 4.69) is 10.00 Å². The van der Waals surface area contributed by atoms with Crippen molar-refractivity contribution in [3.63, 3.8) is 0 Å². The molecule has 0 saturated carbocycles. The molecule has 0 bridgehead atoms. The standard InChI is InChI=1S/C21H25N3O3.ClH/c1-23(2)13-14-27-21-20(16-5-9-18(25-3)10-6-16)15-24(22-21)17-7-11-19(26-4)12-8-17;/h5-12,15H,13-14H2,1-4H3;1H. The van der Waals surface area contributed by atoms with Crippen LogP contribution in [0, 0.1) is 0 Å². The van der Waals surface area contributed by atoms with Crippen molar-refractivity contribution in [1.29, 1.82) is 0 Å². The van der Waals surface area contributed by atoms with Crippen molar-refractivity contribution in [3.8, 4) is 34.2 Å². The maximum atomic E-state index is 5.98. The summed E-state index contributed by atoms with van der Waals surface area (Å²) in [6.07, 6.45) is 1.98. The molecule has 0 radical (unpaired) electrons. The molecule has 0 atom stereocenters. The number of aromatic nitrogens is 2. The average molecular weight is 404 g/mol. The van der Waals surface area contributed by atoms with Gasteiger partial charge in [0.05, 0.1) is 25.5 Å². The van der Waals surface area contributed by atoms with E-state index in [9.17, 15) is 0 Å². The first-order chi connectivity index (χ1) is 13.1. The zero-order chi connectivity index (χ0) is 19.2. The van der Waals surface area contributed by atoms with Crippen molar-refractivity contribution in [2.75, 3.05) is 41.5 Å². The normalized spacial score (nSPS) is 10.5. The second-order valence-corrected chi connectivity index (χ2v) is 6.37. The lowest BCUT2D eigenvalue weighted by Gasteiger charge is -2.10. The third-order valence-corrected chi connectivity index (χ3v) is 4.20. The van der Waals surface area contributed by atoms with E-state index in [1.165, 1.54) is 0 Å². The topological polar surface area (TPSA) is 48.8 Å². The van der Waals surface area contributed by atoms with E-state index >= 15 is 0 Å². The largest absolute Gasteiger partial charge is 0.497 e. The highest BCUT2D eigenvalue weighted by Crippen LogP contribution is 2.31. The quantitative estimate of drug-likeness (QED) is 0.570. The van der Waals surface area contributed by atoms with E-state index in [4.69, 9.17) is 14.2 Å². The molecule has 1 aromatic heterocycles. The Morgan fingerprint density at radius 3 is 2.00 bits per heavy atom. The molecule has 2 aromatic carbocycles. The van der Waals surface area contributed by atoms with Crippen LogP contribution in [0.4, 0.5) is 0 Å². The summed E-state index contributed by atoms with van der Waals surface area (Å²) in [6, 6.07) is 15.6. The molecule has 3 aromatic rings. The highest BCUT2D eigenvalue weighted by Gasteiger charge is 2.14. The summed E-state index contributed by atoms with van der Waals surface area (Å²) in [5.74, 6) is 2.23. The summed E-state index contributed by atoms with van der Waals surface area (Å²) in [5, 5.41) is 4.66. The minimum atomic E-state index is 0. The first-order valence-corrected chi connectivity index (χ1v) is 8.77. The van der Waals surface area contributed by atoms with E-state index in [-0.39, 0.29) is 12.4 Å². The molecule has 1 heterocycles. The van der Waals surface area contributed by atoms with Gasteiger partial charge in [0.2, 0.25) is 5.88 Å². The smallest absolute Gasteiger partial charge is 0.241 e. The zero-order valence-electron chi connectivity index (χ0n) is 16.6. The summed E-state index contributed by atoms with van der Waals surface area (Å²) in [7, 11) is 7.35.